The maximum atomic E-state index is 12.0. The van der Waals surface area contributed by atoms with Crippen LogP contribution in [0.4, 0.5) is 5.69 Å². The zero-order valence-electron chi connectivity index (χ0n) is 14.3. The third-order valence-corrected chi connectivity index (χ3v) is 3.32. The summed E-state index contributed by atoms with van der Waals surface area (Å²) in [7, 11) is 0. The van der Waals surface area contributed by atoms with Crippen molar-refractivity contribution in [2.24, 2.45) is 0 Å². The Morgan fingerprint density at radius 2 is 1.88 bits per heavy atom. The van der Waals surface area contributed by atoms with Crippen LogP contribution in [0.1, 0.15) is 22.8 Å². The molecule has 0 spiro atoms. The van der Waals surface area contributed by atoms with Gasteiger partial charge in [0.25, 0.3) is 5.91 Å². The highest BCUT2D eigenvalue weighted by Gasteiger charge is 2.05. The molecule has 128 valence electrons. The predicted molar refractivity (Wildman–Crippen MR) is 97.5 cm³/mol. The van der Waals surface area contributed by atoms with Crippen LogP contribution in [0.3, 0.4) is 0 Å². The zero-order valence-corrected chi connectivity index (χ0v) is 14.3. The van der Waals surface area contributed by atoms with Crippen molar-refractivity contribution in [2.75, 3.05) is 18.5 Å². The van der Waals surface area contributed by atoms with E-state index in [1.165, 1.54) is 6.92 Å². The number of anilines is 1. The number of hydrogen-bond donors (Lipinski definition) is 2. The summed E-state index contributed by atoms with van der Waals surface area (Å²) in [4.78, 5) is 23.0. The molecule has 5 nitrogen and oxygen atoms in total. The van der Waals surface area contributed by atoms with Crippen LogP contribution >= 0.6 is 0 Å². The second kappa shape index (κ2) is 9.14. The minimum Gasteiger partial charge on any atom is -0.481 e. The lowest BCUT2D eigenvalue weighted by molar-refractivity contribution is -0.114. The van der Waals surface area contributed by atoms with Gasteiger partial charge in [-0.2, -0.15) is 0 Å². The molecule has 0 saturated carbocycles. The highest BCUT2D eigenvalue weighted by atomic mass is 16.5. The van der Waals surface area contributed by atoms with Crippen molar-refractivity contribution >= 4 is 17.5 Å². The van der Waals surface area contributed by atoms with E-state index in [0.29, 0.717) is 17.0 Å². The number of benzene rings is 2. The van der Waals surface area contributed by atoms with E-state index in [1.54, 1.807) is 30.3 Å². The Labute approximate surface area is 147 Å². The van der Waals surface area contributed by atoms with E-state index in [4.69, 9.17) is 4.74 Å². The van der Waals surface area contributed by atoms with Gasteiger partial charge in [-0.1, -0.05) is 36.1 Å². The quantitative estimate of drug-likeness (QED) is 0.825. The molecule has 0 aromatic heterocycles. The molecule has 0 bridgehead atoms. The van der Waals surface area contributed by atoms with Crippen LogP contribution in [-0.4, -0.2) is 25.0 Å². The normalized spacial score (nSPS) is 9.52. The van der Waals surface area contributed by atoms with Gasteiger partial charge in [-0.3, -0.25) is 9.59 Å². The van der Waals surface area contributed by atoms with Gasteiger partial charge in [0.1, 0.15) is 12.4 Å². The molecule has 25 heavy (non-hydrogen) atoms. The van der Waals surface area contributed by atoms with Crippen molar-refractivity contribution < 1.29 is 14.3 Å². The largest absolute Gasteiger partial charge is 0.481 e. The minimum absolute atomic E-state index is 0.138. The molecule has 2 N–H and O–H groups in total. The van der Waals surface area contributed by atoms with Gasteiger partial charge in [0.2, 0.25) is 5.91 Å². The van der Waals surface area contributed by atoms with E-state index in [2.05, 4.69) is 22.5 Å². The summed E-state index contributed by atoms with van der Waals surface area (Å²) in [5.74, 6) is 6.02. The van der Waals surface area contributed by atoms with Crippen molar-refractivity contribution in [1.29, 1.82) is 0 Å². The lowest BCUT2D eigenvalue weighted by Gasteiger charge is -2.06. The molecule has 2 aromatic carbocycles. The molecule has 0 aliphatic heterocycles. The summed E-state index contributed by atoms with van der Waals surface area (Å²) >= 11 is 0. The molecule has 5 heteroatoms. The third kappa shape index (κ3) is 6.04. The number of carbonyl (C=O) groups excluding carboxylic acids is 2. The number of nitrogens with one attached hydrogen (secondary N) is 2. The molecule has 2 aromatic rings. The predicted octanol–water partition coefficient (Wildman–Crippen LogP) is 2.77. The lowest BCUT2D eigenvalue weighted by atomic mass is 10.1. The Morgan fingerprint density at radius 1 is 1.08 bits per heavy atom. The molecule has 0 aliphatic carbocycles. The fraction of sp³-hybridized carbons (Fsp3) is 0.200. The van der Waals surface area contributed by atoms with Crippen LogP contribution in [0.25, 0.3) is 0 Å². The molecule has 0 fully saturated rings. The van der Waals surface area contributed by atoms with E-state index in [-0.39, 0.29) is 25.0 Å². The molecular formula is C20H20N2O3. The Morgan fingerprint density at radius 3 is 2.64 bits per heavy atom. The average molecular weight is 336 g/mol. The number of ether oxygens (including phenoxy) is 1. The summed E-state index contributed by atoms with van der Waals surface area (Å²) < 4.78 is 5.50. The molecular weight excluding hydrogens is 316 g/mol. The maximum Gasteiger partial charge on any atom is 0.252 e. The fourth-order valence-corrected chi connectivity index (χ4v) is 2.15. The third-order valence-electron chi connectivity index (χ3n) is 3.32. The fourth-order valence-electron chi connectivity index (χ4n) is 2.15. The van der Waals surface area contributed by atoms with Gasteiger partial charge in [-0.15, -0.1) is 0 Å². The molecule has 0 saturated heterocycles. The lowest BCUT2D eigenvalue weighted by Crippen LogP contribution is -2.24. The molecule has 0 atom stereocenters. The summed E-state index contributed by atoms with van der Waals surface area (Å²) in [6.07, 6.45) is 0. The Hall–Kier alpha value is -3.26. The standard InChI is InChI=1S/C20H20N2O3/c1-15-8-3-4-11-19(15)20(24)21-12-5-6-13-25-18-10-7-9-17(14-18)22-16(2)23/h3-4,7-11,14H,12-13H2,1-2H3,(H,21,24)(H,22,23). The molecule has 0 radical (unpaired) electrons. The van der Waals surface area contributed by atoms with Crippen molar-refractivity contribution in [2.45, 2.75) is 13.8 Å². The Balaban J connectivity index is 1.77. The van der Waals surface area contributed by atoms with E-state index >= 15 is 0 Å². The van der Waals surface area contributed by atoms with Crippen LogP contribution in [0.5, 0.6) is 5.75 Å². The van der Waals surface area contributed by atoms with E-state index < -0.39 is 0 Å². The first-order chi connectivity index (χ1) is 12.1. The van der Waals surface area contributed by atoms with Gasteiger partial charge in [-0.25, -0.2) is 0 Å². The first-order valence-electron chi connectivity index (χ1n) is 7.86. The minimum atomic E-state index is -0.142. The first kappa shape index (κ1) is 18.1. The van der Waals surface area contributed by atoms with Gasteiger partial charge in [-0.05, 0) is 30.7 Å². The molecule has 0 aliphatic rings. The Bertz CT molecular complexity index is 819. The molecule has 2 rings (SSSR count). The summed E-state index contributed by atoms with van der Waals surface area (Å²) in [5, 5.41) is 5.44. The van der Waals surface area contributed by atoms with Crippen LogP contribution in [0.15, 0.2) is 48.5 Å². The topological polar surface area (TPSA) is 67.4 Å². The molecule has 2 amide bonds. The number of hydrogen-bond acceptors (Lipinski definition) is 3. The van der Waals surface area contributed by atoms with Crippen LogP contribution < -0.4 is 15.4 Å². The van der Waals surface area contributed by atoms with Crippen LogP contribution in [-0.2, 0) is 4.79 Å². The highest BCUT2D eigenvalue weighted by molar-refractivity contribution is 5.95. The second-order valence-electron chi connectivity index (χ2n) is 5.35. The maximum absolute atomic E-state index is 12.0. The van der Waals surface area contributed by atoms with Gasteiger partial charge < -0.3 is 15.4 Å². The smallest absolute Gasteiger partial charge is 0.252 e. The number of carbonyl (C=O) groups is 2. The van der Waals surface area contributed by atoms with Gasteiger partial charge >= 0.3 is 0 Å². The van der Waals surface area contributed by atoms with Crippen LogP contribution in [0, 0.1) is 18.8 Å². The van der Waals surface area contributed by atoms with Crippen molar-refractivity contribution in [3.63, 3.8) is 0 Å². The summed E-state index contributed by atoms with van der Waals surface area (Å²) in [6.45, 7) is 3.79. The number of amides is 2. The van der Waals surface area contributed by atoms with Crippen molar-refractivity contribution in [1.82, 2.24) is 5.32 Å². The molecule has 0 unspecified atom stereocenters. The average Bonchev–Trinajstić information content (AvgIpc) is 2.58. The highest BCUT2D eigenvalue weighted by Crippen LogP contribution is 2.16. The monoisotopic (exact) mass is 336 g/mol. The van der Waals surface area contributed by atoms with Crippen molar-refractivity contribution in [3.05, 3.63) is 59.7 Å². The van der Waals surface area contributed by atoms with Gasteiger partial charge in [0.05, 0.1) is 6.54 Å². The SMILES string of the molecule is CC(=O)Nc1cccc(OCC#CCNC(=O)c2ccccc2C)c1. The van der Waals surface area contributed by atoms with Crippen LogP contribution in [0.2, 0.25) is 0 Å². The summed E-state index contributed by atoms with van der Waals surface area (Å²) in [6, 6.07) is 14.5. The Kier molecular flexibility index (Phi) is 6.61. The van der Waals surface area contributed by atoms with Gasteiger partial charge in [0, 0.05) is 24.2 Å². The number of aryl methyl sites for hydroxylation is 1. The second-order valence-corrected chi connectivity index (χ2v) is 5.35. The first-order valence-corrected chi connectivity index (χ1v) is 7.86. The van der Waals surface area contributed by atoms with Crippen molar-refractivity contribution in [3.8, 4) is 17.6 Å². The zero-order chi connectivity index (χ0) is 18.1. The van der Waals surface area contributed by atoms with E-state index in [9.17, 15) is 9.59 Å². The summed E-state index contributed by atoms with van der Waals surface area (Å²) in [5.41, 5.74) is 2.24. The van der Waals surface area contributed by atoms with E-state index in [1.807, 2.05) is 25.1 Å². The van der Waals surface area contributed by atoms with Gasteiger partial charge in [0.15, 0.2) is 0 Å². The molecule has 0 heterocycles. The van der Waals surface area contributed by atoms with E-state index in [0.717, 1.165) is 5.56 Å². The number of rotatable bonds is 5.